The minimum atomic E-state index is -0.535. The standard InChI is InChI=1S/C22H18O7/c1-12-15(29-22(24)17-3-2-8-25-17)7-5-14-20(23)19(28-21(12)14)10-13-4-6-16-18(9-13)27-11-26-16/h4-7,9-10,17H,2-3,8,11H2,1H3/b19-10-. The lowest BCUT2D eigenvalue weighted by Gasteiger charge is -2.12. The van der Waals surface area contributed by atoms with E-state index in [2.05, 4.69) is 0 Å². The summed E-state index contributed by atoms with van der Waals surface area (Å²) in [5.41, 5.74) is 1.79. The molecule has 7 nitrogen and oxygen atoms in total. The molecule has 3 aliphatic rings. The van der Waals surface area contributed by atoms with Gasteiger partial charge in [0, 0.05) is 12.2 Å². The van der Waals surface area contributed by atoms with Gasteiger partial charge in [0.05, 0.1) is 5.56 Å². The number of fused-ring (bicyclic) bond motifs is 2. The summed E-state index contributed by atoms with van der Waals surface area (Å²) in [6, 6.07) is 8.63. The Morgan fingerprint density at radius 3 is 2.86 bits per heavy atom. The molecule has 0 amide bonds. The van der Waals surface area contributed by atoms with Crippen LogP contribution in [0.5, 0.6) is 23.0 Å². The summed E-state index contributed by atoms with van der Waals surface area (Å²) in [5.74, 6) is 1.61. The van der Waals surface area contributed by atoms with E-state index in [1.165, 1.54) is 0 Å². The zero-order valence-corrected chi connectivity index (χ0v) is 15.7. The van der Waals surface area contributed by atoms with Crippen molar-refractivity contribution in [2.24, 2.45) is 0 Å². The second-order valence-corrected chi connectivity index (χ2v) is 7.04. The van der Waals surface area contributed by atoms with Crippen molar-refractivity contribution in [1.82, 2.24) is 0 Å². The third-order valence-electron chi connectivity index (χ3n) is 5.13. The smallest absolute Gasteiger partial charge is 0.340 e. The van der Waals surface area contributed by atoms with Crippen LogP contribution in [0, 0.1) is 6.92 Å². The molecule has 1 unspecified atom stereocenters. The van der Waals surface area contributed by atoms with E-state index < -0.39 is 12.1 Å². The molecule has 2 aromatic carbocycles. The maximum Gasteiger partial charge on any atom is 0.340 e. The molecule has 1 fully saturated rings. The number of hydrogen-bond acceptors (Lipinski definition) is 7. The van der Waals surface area contributed by atoms with E-state index in [1.54, 1.807) is 37.3 Å². The summed E-state index contributed by atoms with van der Waals surface area (Å²) >= 11 is 0. The van der Waals surface area contributed by atoms with Crippen LogP contribution >= 0.6 is 0 Å². The first-order valence-electron chi connectivity index (χ1n) is 9.41. The zero-order valence-electron chi connectivity index (χ0n) is 15.7. The van der Waals surface area contributed by atoms with E-state index >= 15 is 0 Å². The highest BCUT2D eigenvalue weighted by Crippen LogP contribution is 2.40. The van der Waals surface area contributed by atoms with E-state index in [1.807, 2.05) is 6.07 Å². The number of carbonyl (C=O) groups is 2. The molecule has 3 heterocycles. The van der Waals surface area contributed by atoms with E-state index in [9.17, 15) is 9.59 Å². The SMILES string of the molecule is Cc1c(OC(=O)C2CCCO2)ccc2c1O/C(=C\c1ccc3c(c1)OCO3)C2=O. The van der Waals surface area contributed by atoms with E-state index in [0.29, 0.717) is 47.2 Å². The van der Waals surface area contributed by atoms with Gasteiger partial charge in [-0.15, -0.1) is 0 Å². The Balaban J connectivity index is 1.40. The largest absolute Gasteiger partial charge is 0.454 e. The highest BCUT2D eigenvalue weighted by Gasteiger charge is 2.32. The molecule has 7 heteroatoms. The lowest BCUT2D eigenvalue weighted by Crippen LogP contribution is -2.25. The van der Waals surface area contributed by atoms with Crippen LogP contribution in [0.4, 0.5) is 0 Å². The molecule has 5 rings (SSSR count). The first kappa shape index (κ1) is 17.8. The number of hydrogen-bond donors (Lipinski definition) is 0. The fourth-order valence-corrected chi connectivity index (χ4v) is 3.57. The number of ketones is 1. The Bertz CT molecular complexity index is 1050. The average molecular weight is 394 g/mol. The minimum absolute atomic E-state index is 0.183. The molecule has 0 saturated carbocycles. The number of esters is 1. The van der Waals surface area contributed by atoms with Gasteiger partial charge in [-0.2, -0.15) is 0 Å². The number of benzene rings is 2. The normalized spacial score (nSPS) is 20.7. The van der Waals surface area contributed by atoms with Gasteiger partial charge in [-0.25, -0.2) is 4.79 Å². The molecule has 2 aromatic rings. The summed E-state index contributed by atoms with van der Waals surface area (Å²) in [5, 5.41) is 0. The monoisotopic (exact) mass is 394 g/mol. The van der Waals surface area contributed by atoms with Crippen LogP contribution < -0.4 is 18.9 Å². The van der Waals surface area contributed by atoms with Crippen LogP contribution in [0.25, 0.3) is 6.08 Å². The zero-order chi connectivity index (χ0) is 20.0. The van der Waals surface area contributed by atoms with Gasteiger partial charge in [-0.3, -0.25) is 4.79 Å². The topological polar surface area (TPSA) is 80.3 Å². The van der Waals surface area contributed by atoms with Crippen LogP contribution in [0.15, 0.2) is 36.1 Å². The summed E-state index contributed by atoms with van der Waals surface area (Å²) in [6.45, 7) is 2.51. The molecule has 1 saturated heterocycles. The van der Waals surface area contributed by atoms with Gasteiger partial charge < -0.3 is 23.7 Å². The average Bonchev–Trinajstić information content (AvgIpc) is 3.46. The number of rotatable bonds is 3. The molecule has 0 radical (unpaired) electrons. The lowest BCUT2D eigenvalue weighted by atomic mass is 10.1. The van der Waals surface area contributed by atoms with Crippen molar-refractivity contribution in [2.75, 3.05) is 13.4 Å². The quantitative estimate of drug-likeness (QED) is 0.448. The molecule has 1 atom stereocenters. The van der Waals surface area contributed by atoms with E-state index in [-0.39, 0.29) is 18.3 Å². The highest BCUT2D eigenvalue weighted by atomic mass is 16.7. The Labute approximate surface area is 166 Å². The number of Topliss-reactive ketones (excluding diaryl/α,β-unsaturated/α-hetero) is 1. The molecule has 0 aliphatic carbocycles. The Morgan fingerprint density at radius 1 is 1.17 bits per heavy atom. The first-order valence-corrected chi connectivity index (χ1v) is 9.41. The molecular formula is C22H18O7. The van der Waals surface area contributed by atoms with Gasteiger partial charge in [-0.1, -0.05) is 6.07 Å². The maximum absolute atomic E-state index is 12.8. The summed E-state index contributed by atoms with van der Waals surface area (Å²) in [4.78, 5) is 25.0. The van der Waals surface area contributed by atoms with Crippen LogP contribution in [0.1, 0.15) is 34.3 Å². The predicted octanol–water partition coefficient (Wildman–Crippen LogP) is 3.42. The third-order valence-corrected chi connectivity index (χ3v) is 5.13. The molecule has 0 bridgehead atoms. The van der Waals surface area contributed by atoms with Gasteiger partial charge in [0.1, 0.15) is 11.5 Å². The van der Waals surface area contributed by atoms with Crippen molar-refractivity contribution < 1.29 is 33.3 Å². The highest BCUT2D eigenvalue weighted by molar-refractivity contribution is 6.15. The van der Waals surface area contributed by atoms with Crippen molar-refractivity contribution in [2.45, 2.75) is 25.9 Å². The predicted molar refractivity (Wildman–Crippen MR) is 101 cm³/mol. The third kappa shape index (κ3) is 3.13. The summed E-state index contributed by atoms with van der Waals surface area (Å²) in [7, 11) is 0. The van der Waals surface area contributed by atoms with Crippen LogP contribution in [-0.2, 0) is 9.53 Å². The molecule has 3 aliphatic heterocycles. The fraction of sp³-hybridized carbons (Fsp3) is 0.273. The summed E-state index contributed by atoms with van der Waals surface area (Å²) in [6.07, 6.45) is 2.61. The van der Waals surface area contributed by atoms with Crippen LogP contribution in [-0.4, -0.2) is 31.3 Å². The Hall–Kier alpha value is -3.32. The van der Waals surface area contributed by atoms with Gasteiger partial charge in [0.2, 0.25) is 12.6 Å². The second-order valence-electron chi connectivity index (χ2n) is 7.04. The molecule has 0 aromatic heterocycles. The maximum atomic E-state index is 12.8. The first-order chi connectivity index (χ1) is 14.1. The summed E-state index contributed by atoms with van der Waals surface area (Å²) < 4.78 is 27.4. The number of ether oxygens (including phenoxy) is 5. The lowest BCUT2D eigenvalue weighted by molar-refractivity contribution is -0.144. The number of allylic oxidation sites excluding steroid dienone is 1. The number of carbonyl (C=O) groups excluding carboxylic acids is 2. The second kappa shape index (κ2) is 6.93. The Kier molecular flexibility index (Phi) is 4.24. The van der Waals surface area contributed by atoms with Gasteiger partial charge in [0.15, 0.2) is 23.4 Å². The van der Waals surface area contributed by atoms with Crippen molar-refractivity contribution in [3.05, 3.63) is 52.8 Å². The fourth-order valence-electron chi connectivity index (χ4n) is 3.57. The van der Waals surface area contributed by atoms with Crippen molar-refractivity contribution in [3.8, 4) is 23.0 Å². The van der Waals surface area contributed by atoms with E-state index in [0.717, 1.165) is 12.0 Å². The van der Waals surface area contributed by atoms with Crippen LogP contribution in [0.2, 0.25) is 0 Å². The molecule has 29 heavy (non-hydrogen) atoms. The molecule has 0 spiro atoms. The molecular weight excluding hydrogens is 376 g/mol. The minimum Gasteiger partial charge on any atom is -0.454 e. The molecule has 148 valence electrons. The van der Waals surface area contributed by atoms with Crippen LogP contribution in [0.3, 0.4) is 0 Å². The Morgan fingerprint density at radius 2 is 2.03 bits per heavy atom. The molecule has 0 N–H and O–H groups in total. The van der Waals surface area contributed by atoms with Gasteiger partial charge in [0.25, 0.3) is 0 Å². The van der Waals surface area contributed by atoms with Crippen molar-refractivity contribution in [3.63, 3.8) is 0 Å². The van der Waals surface area contributed by atoms with Crippen molar-refractivity contribution in [1.29, 1.82) is 0 Å². The van der Waals surface area contributed by atoms with Crippen molar-refractivity contribution >= 4 is 17.8 Å². The van der Waals surface area contributed by atoms with E-state index in [4.69, 9.17) is 23.7 Å². The van der Waals surface area contributed by atoms with Gasteiger partial charge >= 0.3 is 5.97 Å². The van der Waals surface area contributed by atoms with Gasteiger partial charge in [-0.05, 0) is 55.7 Å².